The van der Waals surface area contributed by atoms with E-state index in [1.807, 2.05) is 6.07 Å². The molecule has 7 heteroatoms. The van der Waals surface area contributed by atoms with E-state index in [-0.39, 0.29) is 18.1 Å². The number of ketones is 1. The molecule has 0 saturated heterocycles. The van der Waals surface area contributed by atoms with Crippen molar-refractivity contribution in [3.05, 3.63) is 47.2 Å². The summed E-state index contributed by atoms with van der Waals surface area (Å²) < 4.78 is 26.9. The van der Waals surface area contributed by atoms with Gasteiger partial charge in [-0.05, 0) is 35.9 Å². The van der Waals surface area contributed by atoms with Crippen LogP contribution in [-0.4, -0.2) is 33.7 Å². The lowest BCUT2D eigenvalue weighted by molar-refractivity contribution is 0.101. The monoisotopic (exact) mass is 367 g/mol. The third-order valence-corrected chi connectivity index (χ3v) is 3.93. The molecule has 0 saturated carbocycles. The van der Waals surface area contributed by atoms with Crippen LogP contribution in [0.3, 0.4) is 0 Å². The number of fused-ring (bicyclic) bond motifs is 1. The molecular formula is C20H17NO6. The van der Waals surface area contributed by atoms with Gasteiger partial charge in [-0.2, -0.15) is 5.26 Å². The highest BCUT2D eigenvalue weighted by atomic mass is 16.5. The number of hydrogen-bond donors (Lipinski definition) is 0. The summed E-state index contributed by atoms with van der Waals surface area (Å²) in [6.07, 6.45) is 1.60. The van der Waals surface area contributed by atoms with Gasteiger partial charge >= 0.3 is 0 Å². The standard InChI is InChI=1S/C20H17NO6/c1-23-17-9-12(10-18(24-2)20(17)25-3)8-16-19(22)14-5-4-13(26-7-6-21)11-15(14)27-16/h4-5,8-11H,7H2,1-3H3/b16-8-. The highest BCUT2D eigenvalue weighted by molar-refractivity contribution is 6.14. The summed E-state index contributed by atoms with van der Waals surface area (Å²) in [5.41, 5.74) is 1.08. The Balaban J connectivity index is 1.94. The molecule has 0 amide bonds. The number of carbonyl (C=O) groups excluding carboxylic acids is 1. The van der Waals surface area contributed by atoms with Crippen LogP contribution in [0.1, 0.15) is 15.9 Å². The molecule has 0 spiro atoms. The molecule has 0 aliphatic carbocycles. The fourth-order valence-corrected chi connectivity index (χ4v) is 2.71. The molecule has 3 rings (SSSR count). The number of hydrogen-bond acceptors (Lipinski definition) is 7. The van der Waals surface area contributed by atoms with E-state index in [1.54, 1.807) is 36.4 Å². The first-order valence-electron chi connectivity index (χ1n) is 7.99. The smallest absolute Gasteiger partial charge is 0.231 e. The lowest BCUT2D eigenvalue weighted by Crippen LogP contribution is -1.99. The summed E-state index contributed by atoms with van der Waals surface area (Å²) in [5, 5.41) is 8.59. The van der Waals surface area contributed by atoms with Crippen LogP contribution in [0.5, 0.6) is 28.7 Å². The molecule has 1 aliphatic rings. The number of rotatable bonds is 6. The molecule has 138 valence electrons. The number of carbonyl (C=O) groups is 1. The molecule has 2 aromatic rings. The fourth-order valence-electron chi connectivity index (χ4n) is 2.71. The van der Waals surface area contributed by atoms with E-state index in [2.05, 4.69) is 0 Å². The Bertz CT molecular complexity index is 932. The van der Waals surface area contributed by atoms with Gasteiger partial charge in [-0.3, -0.25) is 4.79 Å². The minimum Gasteiger partial charge on any atom is -0.493 e. The van der Waals surface area contributed by atoms with Gasteiger partial charge in [0.1, 0.15) is 17.6 Å². The Morgan fingerprint density at radius 1 is 1.07 bits per heavy atom. The lowest BCUT2D eigenvalue weighted by atomic mass is 10.1. The van der Waals surface area contributed by atoms with Crippen molar-refractivity contribution in [1.82, 2.24) is 0 Å². The molecule has 2 aromatic carbocycles. The number of Topliss-reactive ketones (excluding diaryl/α,β-unsaturated/α-hetero) is 1. The maximum absolute atomic E-state index is 12.6. The highest BCUT2D eigenvalue weighted by Gasteiger charge is 2.28. The summed E-state index contributed by atoms with van der Waals surface area (Å²) in [6.45, 7) is -0.0825. The number of methoxy groups -OCH3 is 3. The molecule has 0 radical (unpaired) electrons. The van der Waals surface area contributed by atoms with E-state index >= 15 is 0 Å². The van der Waals surface area contributed by atoms with Crippen LogP contribution < -0.4 is 23.7 Å². The Hall–Kier alpha value is -3.66. The van der Waals surface area contributed by atoms with Crippen LogP contribution >= 0.6 is 0 Å². The molecule has 1 heterocycles. The number of nitrogens with zero attached hydrogens (tertiary/aromatic N) is 1. The van der Waals surface area contributed by atoms with Crippen molar-refractivity contribution in [1.29, 1.82) is 5.26 Å². The van der Waals surface area contributed by atoms with Crippen molar-refractivity contribution in [3.63, 3.8) is 0 Å². The molecule has 1 aliphatic heterocycles. The summed E-state index contributed by atoms with van der Waals surface area (Å²) in [5.74, 6) is 2.16. The van der Waals surface area contributed by atoms with Gasteiger partial charge in [0.15, 0.2) is 23.9 Å². The second-order valence-corrected chi connectivity index (χ2v) is 5.50. The van der Waals surface area contributed by atoms with E-state index in [4.69, 9.17) is 28.9 Å². The maximum Gasteiger partial charge on any atom is 0.231 e. The first-order valence-corrected chi connectivity index (χ1v) is 7.99. The maximum atomic E-state index is 12.6. The Morgan fingerprint density at radius 2 is 1.78 bits per heavy atom. The normalized spacial score (nSPS) is 13.6. The quantitative estimate of drug-likeness (QED) is 0.724. The van der Waals surface area contributed by atoms with Crippen LogP contribution in [0.25, 0.3) is 6.08 Å². The van der Waals surface area contributed by atoms with Gasteiger partial charge in [-0.1, -0.05) is 0 Å². The van der Waals surface area contributed by atoms with Crippen molar-refractivity contribution in [3.8, 4) is 34.8 Å². The highest BCUT2D eigenvalue weighted by Crippen LogP contribution is 2.40. The van der Waals surface area contributed by atoms with E-state index in [0.717, 1.165) is 0 Å². The number of ether oxygens (including phenoxy) is 5. The van der Waals surface area contributed by atoms with Crippen LogP contribution in [-0.2, 0) is 0 Å². The predicted molar refractivity (Wildman–Crippen MR) is 96.6 cm³/mol. The van der Waals surface area contributed by atoms with Gasteiger partial charge in [-0.25, -0.2) is 0 Å². The zero-order chi connectivity index (χ0) is 19.4. The third kappa shape index (κ3) is 3.51. The van der Waals surface area contributed by atoms with Crippen LogP contribution in [0.15, 0.2) is 36.1 Å². The molecule has 7 nitrogen and oxygen atoms in total. The second kappa shape index (κ2) is 7.70. The summed E-state index contributed by atoms with van der Waals surface area (Å²) in [6, 6.07) is 10.1. The number of nitriles is 1. The van der Waals surface area contributed by atoms with Gasteiger partial charge in [0, 0.05) is 6.07 Å². The Kier molecular flexibility index (Phi) is 5.18. The molecule has 0 atom stereocenters. The zero-order valence-electron chi connectivity index (χ0n) is 15.1. The predicted octanol–water partition coefficient (Wildman–Crippen LogP) is 3.23. The molecule has 0 fully saturated rings. The largest absolute Gasteiger partial charge is 0.493 e. The minimum absolute atomic E-state index is 0.0825. The Labute approximate surface area is 156 Å². The van der Waals surface area contributed by atoms with Crippen molar-refractivity contribution in [2.75, 3.05) is 27.9 Å². The average molecular weight is 367 g/mol. The van der Waals surface area contributed by atoms with E-state index in [9.17, 15) is 4.79 Å². The van der Waals surface area contributed by atoms with Crippen molar-refractivity contribution in [2.24, 2.45) is 0 Å². The third-order valence-electron chi connectivity index (χ3n) is 3.93. The van der Waals surface area contributed by atoms with E-state index in [1.165, 1.54) is 21.3 Å². The molecule has 0 aromatic heterocycles. The zero-order valence-corrected chi connectivity index (χ0v) is 15.1. The Morgan fingerprint density at radius 3 is 2.37 bits per heavy atom. The molecule has 27 heavy (non-hydrogen) atoms. The van der Waals surface area contributed by atoms with Gasteiger partial charge in [-0.15, -0.1) is 0 Å². The van der Waals surface area contributed by atoms with Gasteiger partial charge in [0.2, 0.25) is 11.5 Å². The average Bonchev–Trinajstić information content (AvgIpc) is 3.00. The fraction of sp³-hybridized carbons (Fsp3) is 0.200. The van der Waals surface area contributed by atoms with Gasteiger partial charge in [0.05, 0.1) is 26.9 Å². The molecule has 0 bridgehead atoms. The van der Waals surface area contributed by atoms with Crippen LogP contribution in [0.4, 0.5) is 0 Å². The minimum atomic E-state index is -0.245. The van der Waals surface area contributed by atoms with Gasteiger partial charge in [0.25, 0.3) is 0 Å². The topological polar surface area (TPSA) is 87.0 Å². The molecule has 0 N–H and O–H groups in total. The lowest BCUT2D eigenvalue weighted by Gasteiger charge is -2.13. The first-order chi connectivity index (χ1) is 13.1. The van der Waals surface area contributed by atoms with E-state index < -0.39 is 0 Å². The van der Waals surface area contributed by atoms with Crippen molar-refractivity contribution in [2.45, 2.75) is 0 Å². The molecular weight excluding hydrogens is 350 g/mol. The SMILES string of the molecule is COc1cc(/C=C2\Oc3cc(OCC#N)ccc3C2=O)cc(OC)c1OC. The number of allylic oxidation sites excluding steroid dienone is 1. The summed E-state index contributed by atoms with van der Waals surface area (Å²) >= 11 is 0. The second-order valence-electron chi connectivity index (χ2n) is 5.50. The van der Waals surface area contributed by atoms with Gasteiger partial charge < -0.3 is 23.7 Å². The van der Waals surface area contributed by atoms with Crippen LogP contribution in [0, 0.1) is 11.3 Å². The van der Waals surface area contributed by atoms with Crippen molar-refractivity contribution < 1.29 is 28.5 Å². The van der Waals surface area contributed by atoms with Crippen molar-refractivity contribution >= 4 is 11.9 Å². The molecule has 0 unspecified atom stereocenters. The van der Waals surface area contributed by atoms with E-state index in [0.29, 0.717) is 39.9 Å². The first kappa shape index (κ1) is 18.1. The number of benzene rings is 2. The summed E-state index contributed by atoms with van der Waals surface area (Å²) in [7, 11) is 4.55. The summed E-state index contributed by atoms with van der Waals surface area (Å²) in [4.78, 5) is 12.6. The van der Waals surface area contributed by atoms with Crippen LogP contribution in [0.2, 0.25) is 0 Å².